The highest BCUT2D eigenvalue weighted by Gasteiger charge is 2.22. The molecule has 18 heavy (non-hydrogen) atoms. The molecule has 0 saturated carbocycles. The Morgan fingerprint density at radius 1 is 1.33 bits per heavy atom. The number of rotatable bonds is 5. The molecule has 1 N–H and O–H groups in total. The van der Waals surface area contributed by atoms with Crippen molar-refractivity contribution in [3.8, 4) is 0 Å². The molecule has 0 radical (unpaired) electrons. The SMILES string of the molecule is CC(C)CC(CNC(=O)N(C)C)N1CCOCC1. The van der Waals surface area contributed by atoms with Crippen molar-refractivity contribution in [3.63, 3.8) is 0 Å². The van der Waals surface area contributed by atoms with Crippen molar-refractivity contribution in [1.29, 1.82) is 0 Å². The minimum absolute atomic E-state index is 0.0167. The van der Waals surface area contributed by atoms with E-state index >= 15 is 0 Å². The van der Waals surface area contributed by atoms with Crippen molar-refractivity contribution in [2.24, 2.45) is 5.92 Å². The molecule has 0 bridgehead atoms. The van der Waals surface area contributed by atoms with Gasteiger partial charge in [0, 0.05) is 39.8 Å². The second-order valence-electron chi connectivity index (χ2n) is 5.51. The summed E-state index contributed by atoms with van der Waals surface area (Å²) in [5.74, 6) is 0.633. The molecule has 0 aliphatic carbocycles. The molecule has 1 aliphatic heterocycles. The number of carbonyl (C=O) groups excluding carboxylic acids is 1. The van der Waals surface area contributed by atoms with Gasteiger partial charge in [0.25, 0.3) is 0 Å². The van der Waals surface area contributed by atoms with E-state index in [1.165, 1.54) is 0 Å². The van der Waals surface area contributed by atoms with Crippen LogP contribution in [0.15, 0.2) is 0 Å². The molecule has 1 aliphatic rings. The summed E-state index contributed by atoms with van der Waals surface area (Å²) in [4.78, 5) is 15.6. The van der Waals surface area contributed by atoms with Gasteiger partial charge in [-0.1, -0.05) is 13.8 Å². The van der Waals surface area contributed by atoms with E-state index in [1.54, 1.807) is 19.0 Å². The van der Waals surface area contributed by atoms with Gasteiger partial charge in [-0.3, -0.25) is 4.90 Å². The topological polar surface area (TPSA) is 44.8 Å². The third-order valence-electron chi connectivity index (χ3n) is 3.20. The Morgan fingerprint density at radius 2 is 1.94 bits per heavy atom. The second-order valence-corrected chi connectivity index (χ2v) is 5.51. The largest absolute Gasteiger partial charge is 0.379 e. The number of hydrogen-bond acceptors (Lipinski definition) is 3. The number of carbonyl (C=O) groups is 1. The summed E-state index contributed by atoms with van der Waals surface area (Å²) in [5, 5.41) is 2.99. The van der Waals surface area contributed by atoms with Gasteiger partial charge in [0.05, 0.1) is 13.2 Å². The van der Waals surface area contributed by atoms with Crippen LogP contribution in [0, 0.1) is 5.92 Å². The normalized spacial score (nSPS) is 18.7. The molecular formula is C13H27N3O2. The van der Waals surface area contributed by atoms with Crippen LogP contribution in [0.4, 0.5) is 4.79 Å². The fourth-order valence-electron chi connectivity index (χ4n) is 2.21. The summed E-state index contributed by atoms with van der Waals surface area (Å²) in [5.41, 5.74) is 0. The minimum atomic E-state index is -0.0167. The zero-order valence-corrected chi connectivity index (χ0v) is 12.1. The predicted molar refractivity (Wildman–Crippen MR) is 72.7 cm³/mol. The number of hydrogen-bond donors (Lipinski definition) is 1. The first kappa shape index (κ1) is 15.2. The Balaban J connectivity index is 2.46. The van der Waals surface area contributed by atoms with Gasteiger partial charge < -0.3 is 15.0 Å². The molecule has 5 heteroatoms. The van der Waals surface area contributed by atoms with Crippen molar-refractivity contribution in [1.82, 2.24) is 15.1 Å². The molecule has 2 amide bonds. The van der Waals surface area contributed by atoms with Crippen LogP contribution in [-0.4, -0.2) is 68.8 Å². The van der Waals surface area contributed by atoms with Crippen LogP contribution in [0.5, 0.6) is 0 Å². The molecule has 1 atom stereocenters. The second kappa shape index (κ2) is 7.59. The molecule has 1 unspecified atom stereocenters. The maximum atomic E-state index is 11.6. The van der Waals surface area contributed by atoms with Crippen LogP contribution in [0.3, 0.4) is 0 Å². The van der Waals surface area contributed by atoms with E-state index < -0.39 is 0 Å². The quantitative estimate of drug-likeness (QED) is 0.799. The average Bonchev–Trinajstić information content (AvgIpc) is 2.34. The standard InChI is InChI=1S/C13H27N3O2/c1-11(2)9-12(10-14-13(17)15(3)4)16-5-7-18-8-6-16/h11-12H,5-10H2,1-4H3,(H,14,17). The molecule has 0 aromatic rings. The maximum Gasteiger partial charge on any atom is 0.316 e. The summed E-state index contributed by atoms with van der Waals surface area (Å²) in [6.45, 7) is 8.70. The van der Waals surface area contributed by atoms with Crippen molar-refractivity contribution < 1.29 is 9.53 Å². The van der Waals surface area contributed by atoms with E-state index in [4.69, 9.17) is 4.74 Å². The Hall–Kier alpha value is -0.810. The number of amides is 2. The van der Waals surface area contributed by atoms with Crippen molar-refractivity contribution in [2.75, 3.05) is 46.9 Å². The average molecular weight is 257 g/mol. The minimum Gasteiger partial charge on any atom is -0.379 e. The van der Waals surface area contributed by atoms with Crippen LogP contribution in [0.1, 0.15) is 20.3 Å². The number of ether oxygens (including phenoxy) is 1. The van der Waals surface area contributed by atoms with Crippen LogP contribution in [0.2, 0.25) is 0 Å². The smallest absolute Gasteiger partial charge is 0.316 e. The monoisotopic (exact) mass is 257 g/mol. The van der Waals surface area contributed by atoms with Crippen LogP contribution in [-0.2, 0) is 4.74 Å². The lowest BCUT2D eigenvalue weighted by molar-refractivity contribution is 0.0128. The van der Waals surface area contributed by atoms with Gasteiger partial charge in [-0.2, -0.15) is 0 Å². The highest BCUT2D eigenvalue weighted by atomic mass is 16.5. The van der Waals surface area contributed by atoms with Gasteiger partial charge in [0.15, 0.2) is 0 Å². The van der Waals surface area contributed by atoms with Gasteiger partial charge in [-0.05, 0) is 12.3 Å². The molecule has 0 aromatic heterocycles. The summed E-state index contributed by atoms with van der Waals surface area (Å²) in [7, 11) is 3.53. The van der Waals surface area contributed by atoms with Crippen LogP contribution < -0.4 is 5.32 Å². The molecule has 1 heterocycles. The first-order valence-corrected chi connectivity index (χ1v) is 6.77. The lowest BCUT2D eigenvalue weighted by Gasteiger charge is -2.35. The third-order valence-corrected chi connectivity index (χ3v) is 3.20. The maximum absolute atomic E-state index is 11.6. The molecule has 1 rings (SSSR count). The number of nitrogens with zero attached hydrogens (tertiary/aromatic N) is 2. The summed E-state index contributed by atoms with van der Waals surface area (Å²) in [6.07, 6.45) is 1.10. The fraction of sp³-hybridized carbons (Fsp3) is 0.923. The zero-order valence-electron chi connectivity index (χ0n) is 12.1. The summed E-state index contributed by atoms with van der Waals surface area (Å²) < 4.78 is 5.38. The lowest BCUT2D eigenvalue weighted by atomic mass is 10.0. The zero-order chi connectivity index (χ0) is 13.5. The predicted octanol–water partition coefficient (Wildman–Crippen LogP) is 1.00. The molecular weight excluding hydrogens is 230 g/mol. The third kappa shape index (κ3) is 5.23. The molecule has 1 fully saturated rings. The molecule has 106 valence electrons. The van der Waals surface area contributed by atoms with Gasteiger partial charge in [-0.15, -0.1) is 0 Å². The van der Waals surface area contributed by atoms with E-state index in [2.05, 4.69) is 24.1 Å². The van der Waals surface area contributed by atoms with E-state index in [-0.39, 0.29) is 6.03 Å². The van der Waals surface area contributed by atoms with Gasteiger partial charge in [-0.25, -0.2) is 4.79 Å². The number of morpholine rings is 1. The lowest BCUT2D eigenvalue weighted by Crippen LogP contribution is -2.50. The molecule has 1 saturated heterocycles. The van der Waals surface area contributed by atoms with E-state index in [0.717, 1.165) is 39.3 Å². The van der Waals surface area contributed by atoms with Gasteiger partial charge in [0.2, 0.25) is 0 Å². The summed E-state index contributed by atoms with van der Waals surface area (Å²) in [6, 6.07) is 0.398. The van der Waals surface area contributed by atoms with Crippen molar-refractivity contribution >= 4 is 6.03 Å². The Morgan fingerprint density at radius 3 is 2.44 bits per heavy atom. The summed E-state index contributed by atoms with van der Waals surface area (Å²) >= 11 is 0. The van der Waals surface area contributed by atoms with E-state index in [1.807, 2.05) is 0 Å². The van der Waals surface area contributed by atoms with Crippen molar-refractivity contribution in [3.05, 3.63) is 0 Å². The highest BCUT2D eigenvalue weighted by molar-refractivity contribution is 5.73. The number of urea groups is 1. The van der Waals surface area contributed by atoms with E-state index in [0.29, 0.717) is 12.0 Å². The highest BCUT2D eigenvalue weighted by Crippen LogP contribution is 2.12. The Bertz CT molecular complexity index is 251. The first-order valence-electron chi connectivity index (χ1n) is 6.77. The fourth-order valence-corrected chi connectivity index (χ4v) is 2.21. The Labute approximate surface area is 110 Å². The van der Waals surface area contributed by atoms with Crippen LogP contribution >= 0.6 is 0 Å². The molecule has 0 aromatic carbocycles. The van der Waals surface area contributed by atoms with Gasteiger partial charge >= 0.3 is 6.03 Å². The molecule has 0 spiro atoms. The van der Waals surface area contributed by atoms with E-state index in [9.17, 15) is 4.79 Å². The first-order chi connectivity index (χ1) is 8.50. The van der Waals surface area contributed by atoms with Gasteiger partial charge in [0.1, 0.15) is 0 Å². The molecule has 5 nitrogen and oxygen atoms in total. The van der Waals surface area contributed by atoms with Crippen molar-refractivity contribution in [2.45, 2.75) is 26.3 Å². The number of nitrogens with one attached hydrogen (secondary N) is 1. The van der Waals surface area contributed by atoms with Crippen LogP contribution in [0.25, 0.3) is 0 Å². The Kier molecular flexibility index (Phi) is 6.43.